The average molecular weight is 235 g/mol. The van der Waals surface area contributed by atoms with Crippen LogP contribution in [-0.2, 0) is 6.42 Å². The number of hydrogen-bond donors (Lipinski definition) is 1. The minimum atomic E-state index is -1.00. The summed E-state index contributed by atoms with van der Waals surface area (Å²) in [5, 5.41) is 3.22. The van der Waals surface area contributed by atoms with Gasteiger partial charge in [0, 0.05) is 6.42 Å². The van der Waals surface area contributed by atoms with Crippen molar-refractivity contribution < 1.29 is 4.39 Å². The number of piperidine rings is 1. The van der Waals surface area contributed by atoms with Gasteiger partial charge in [-0.25, -0.2) is 4.39 Å². The van der Waals surface area contributed by atoms with Crippen LogP contribution in [0.2, 0.25) is 0 Å². The van der Waals surface area contributed by atoms with Crippen LogP contribution in [0.25, 0.3) is 0 Å². The molecule has 0 amide bonds. The summed E-state index contributed by atoms with van der Waals surface area (Å²) < 4.78 is 14.7. The number of halogens is 1. The fourth-order valence-electron chi connectivity index (χ4n) is 2.86. The van der Waals surface area contributed by atoms with Crippen molar-refractivity contribution >= 4 is 0 Å². The highest BCUT2D eigenvalue weighted by molar-refractivity contribution is 5.38. The predicted octanol–water partition coefficient (Wildman–Crippen LogP) is 3.25. The fourth-order valence-corrected chi connectivity index (χ4v) is 2.86. The lowest BCUT2D eigenvalue weighted by Crippen LogP contribution is -2.40. The third kappa shape index (κ3) is 2.86. The van der Waals surface area contributed by atoms with Crippen LogP contribution < -0.4 is 5.32 Å². The first-order valence-corrected chi connectivity index (χ1v) is 6.47. The molecule has 1 N–H and O–H groups in total. The quantitative estimate of drug-likeness (QED) is 0.829. The van der Waals surface area contributed by atoms with Gasteiger partial charge < -0.3 is 5.32 Å². The molecule has 17 heavy (non-hydrogen) atoms. The van der Waals surface area contributed by atoms with Gasteiger partial charge in [0.15, 0.2) is 0 Å². The molecule has 2 rings (SSSR count). The van der Waals surface area contributed by atoms with Gasteiger partial charge in [-0.2, -0.15) is 0 Å². The summed E-state index contributed by atoms with van der Waals surface area (Å²) in [6.45, 7) is 7.90. The molecular formula is C15H22FN. The van der Waals surface area contributed by atoms with Crippen LogP contribution in [0, 0.1) is 20.8 Å². The van der Waals surface area contributed by atoms with Crippen molar-refractivity contribution in [1.29, 1.82) is 0 Å². The summed E-state index contributed by atoms with van der Waals surface area (Å²) in [7, 11) is 0. The van der Waals surface area contributed by atoms with E-state index in [4.69, 9.17) is 0 Å². The Morgan fingerprint density at radius 3 is 2.18 bits per heavy atom. The summed E-state index contributed by atoms with van der Waals surface area (Å²) in [4.78, 5) is 0. The van der Waals surface area contributed by atoms with Crippen LogP contribution in [0.1, 0.15) is 35.1 Å². The Balaban J connectivity index is 2.23. The molecule has 1 aliphatic rings. The minimum absolute atomic E-state index is 0.576. The first-order chi connectivity index (χ1) is 8.00. The molecule has 0 radical (unpaired) electrons. The zero-order valence-electron chi connectivity index (χ0n) is 11.1. The number of aryl methyl sites for hydroxylation is 3. The second-order valence-corrected chi connectivity index (χ2v) is 5.45. The van der Waals surface area contributed by atoms with Crippen molar-refractivity contribution in [3.63, 3.8) is 0 Å². The Labute approximate surface area is 103 Å². The lowest BCUT2D eigenvalue weighted by atomic mass is 9.84. The highest BCUT2D eigenvalue weighted by atomic mass is 19.1. The number of benzene rings is 1. The van der Waals surface area contributed by atoms with E-state index in [-0.39, 0.29) is 0 Å². The normalized spacial score (nSPS) is 19.3. The van der Waals surface area contributed by atoms with Crippen LogP contribution in [0.4, 0.5) is 4.39 Å². The zero-order chi connectivity index (χ0) is 12.5. The highest BCUT2D eigenvalue weighted by Gasteiger charge is 2.32. The number of rotatable bonds is 2. The molecule has 94 valence electrons. The maximum absolute atomic E-state index is 14.7. The average Bonchev–Trinajstić information content (AvgIpc) is 2.24. The monoisotopic (exact) mass is 235 g/mol. The molecule has 2 heteroatoms. The van der Waals surface area contributed by atoms with Gasteiger partial charge >= 0.3 is 0 Å². The first kappa shape index (κ1) is 12.6. The van der Waals surface area contributed by atoms with E-state index in [2.05, 4.69) is 38.2 Å². The Hall–Kier alpha value is -0.890. The Kier molecular flexibility index (Phi) is 3.53. The van der Waals surface area contributed by atoms with Crippen LogP contribution >= 0.6 is 0 Å². The van der Waals surface area contributed by atoms with Gasteiger partial charge in [0.2, 0.25) is 0 Å². The van der Waals surface area contributed by atoms with Gasteiger partial charge in [-0.3, -0.25) is 0 Å². The minimum Gasteiger partial charge on any atom is -0.316 e. The number of nitrogens with one attached hydrogen (secondary N) is 1. The van der Waals surface area contributed by atoms with Crippen LogP contribution in [0.15, 0.2) is 12.1 Å². The molecule has 1 saturated heterocycles. The third-order valence-corrected chi connectivity index (χ3v) is 3.83. The van der Waals surface area contributed by atoms with Crippen molar-refractivity contribution in [3.8, 4) is 0 Å². The summed E-state index contributed by atoms with van der Waals surface area (Å²) in [5.41, 5.74) is 3.94. The van der Waals surface area contributed by atoms with Gasteiger partial charge in [0.25, 0.3) is 0 Å². The molecule has 1 fully saturated rings. The summed E-state index contributed by atoms with van der Waals surface area (Å²) in [6, 6.07) is 4.32. The maximum atomic E-state index is 14.7. The van der Waals surface area contributed by atoms with Gasteiger partial charge in [-0.05, 0) is 63.4 Å². The molecule has 1 nitrogen and oxygen atoms in total. The lowest BCUT2D eigenvalue weighted by molar-refractivity contribution is 0.116. The summed E-state index contributed by atoms with van der Waals surface area (Å²) >= 11 is 0. The van der Waals surface area contributed by atoms with Gasteiger partial charge in [0.05, 0.1) is 0 Å². The van der Waals surface area contributed by atoms with Crippen LogP contribution in [0.5, 0.6) is 0 Å². The van der Waals surface area contributed by atoms with Crippen molar-refractivity contribution in [1.82, 2.24) is 5.32 Å². The van der Waals surface area contributed by atoms with E-state index >= 15 is 0 Å². The lowest BCUT2D eigenvalue weighted by Gasteiger charge is -2.31. The molecule has 1 aliphatic heterocycles. The van der Waals surface area contributed by atoms with Gasteiger partial charge in [-0.1, -0.05) is 17.7 Å². The van der Waals surface area contributed by atoms with Crippen molar-refractivity contribution in [2.75, 3.05) is 13.1 Å². The summed E-state index contributed by atoms with van der Waals surface area (Å²) in [5.74, 6) is 0. The van der Waals surface area contributed by atoms with E-state index in [9.17, 15) is 4.39 Å². The highest BCUT2D eigenvalue weighted by Crippen LogP contribution is 2.30. The smallest absolute Gasteiger partial charge is 0.117 e. The van der Waals surface area contributed by atoms with Crippen LogP contribution in [-0.4, -0.2) is 18.8 Å². The van der Waals surface area contributed by atoms with E-state index in [1.165, 1.54) is 22.3 Å². The molecular weight excluding hydrogens is 213 g/mol. The van der Waals surface area contributed by atoms with Crippen molar-refractivity contribution in [2.45, 2.75) is 45.7 Å². The second-order valence-electron chi connectivity index (χ2n) is 5.45. The molecule has 0 aliphatic carbocycles. The largest absolute Gasteiger partial charge is 0.316 e. The molecule has 0 aromatic heterocycles. The Morgan fingerprint density at radius 2 is 1.65 bits per heavy atom. The molecule has 1 heterocycles. The van der Waals surface area contributed by atoms with E-state index in [0.29, 0.717) is 19.3 Å². The Bertz CT molecular complexity index is 382. The SMILES string of the molecule is Cc1cc(C)c(CC2(F)CCNCC2)c(C)c1. The van der Waals surface area contributed by atoms with Crippen molar-refractivity contribution in [3.05, 3.63) is 34.4 Å². The Morgan fingerprint density at radius 1 is 1.12 bits per heavy atom. The fraction of sp³-hybridized carbons (Fsp3) is 0.600. The van der Waals surface area contributed by atoms with Crippen molar-refractivity contribution in [2.24, 2.45) is 0 Å². The summed E-state index contributed by atoms with van der Waals surface area (Å²) in [6.07, 6.45) is 1.85. The topological polar surface area (TPSA) is 12.0 Å². The molecule has 0 saturated carbocycles. The van der Waals surface area contributed by atoms with E-state index in [1.807, 2.05) is 0 Å². The predicted molar refractivity (Wildman–Crippen MR) is 70.3 cm³/mol. The van der Waals surface area contributed by atoms with Crippen LogP contribution in [0.3, 0.4) is 0 Å². The second kappa shape index (κ2) is 4.77. The molecule has 1 aromatic carbocycles. The molecule has 1 aromatic rings. The van der Waals surface area contributed by atoms with E-state index in [0.717, 1.165) is 13.1 Å². The van der Waals surface area contributed by atoms with E-state index < -0.39 is 5.67 Å². The van der Waals surface area contributed by atoms with Gasteiger partial charge in [0.1, 0.15) is 5.67 Å². The van der Waals surface area contributed by atoms with Gasteiger partial charge in [-0.15, -0.1) is 0 Å². The maximum Gasteiger partial charge on any atom is 0.117 e. The molecule has 0 bridgehead atoms. The zero-order valence-corrected chi connectivity index (χ0v) is 11.1. The number of hydrogen-bond acceptors (Lipinski definition) is 1. The molecule has 0 unspecified atom stereocenters. The molecule has 0 spiro atoms. The van der Waals surface area contributed by atoms with E-state index in [1.54, 1.807) is 0 Å². The molecule has 0 atom stereocenters. The number of alkyl halides is 1. The third-order valence-electron chi connectivity index (χ3n) is 3.83. The first-order valence-electron chi connectivity index (χ1n) is 6.47. The standard InChI is InChI=1S/C15H22FN/c1-11-8-12(2)14(13(3)9-11)10-15(16)4-6-17-7-5-15/h8-9,17H,4-7,10H2,1-3H3.